The average molecular weight is 353 g/mol. The third kappa shape index (κ3) is 3.32. The van der Waals surface area contributed by atoms with Gasteiger partial charge in [0.2, 0.25) is 0 Å². The molecule has 0 atom stereocenters. The summed E-state index contributed by atoms with van der Waals surface area (Å²) in [6.07, 6.45) is 0. The number of aromatic nitrogens is 2. The maximum Gasteiger partial charge on any atom is 0.156 e. The number of halogens is 1. The van der Waals surface area contributed by atoms with Gasteiger partial charge in [-0.2, -0.15) is 0 Å². The lowest BCUT2D eigenvalue weighted by atomic mass is 10.1. The molecule has 1 aliphatic heterocycles. The molecule has 3 aromatic rings. The van der Waals surface area contributed by atoms with E-state index >= 15 is 0 Å². The molecule has 0 N–H and O–H groups in total. The first-order valence-corrected chi connectivity index (χ1v) is 9.12. The van der Waals surface area contributed by atoms with Gasteiger partial charge in [0.25, 0.3) is 0 Å². The molecule has 2 aromatic carbocycles. The first kappa shape index (κ1) is 16.3. The number of hydrogen-bond acceptors (Lipinski definition) is 4. The number of nitrogens with zero attached hydrogens (tertiary/aromatic N) is 4. The summed E-state index contributed by atoms with van der Waals surface area (Å²) in [5.74, 6) is 0.969. The van der Waals surface area contributed by atoms with Gasteiger partial charge in [-0.25, -0.2) is 9.97 Å². The van der Waals surface area contributed by atoms with Gasteiger partial charge >= 0.3 is 0 Å². The topological polar surface area (TPSA) is 32.3 Å². The summed E-state index contributed by atoms with van der Waals surface area (Å²) in [5, 5.41) is 0.685. The minimum Gasteiger partial charge on any atom is -0.352 e. The molecule has 128 valence electrons. The van der Waals surface area contributed by atoms with Crippen molar-refractivity contribution in [3.8, 4) is 11.3 Å². The second kappa shape index (κ2) is 6.98. The maximum absolute atomic E-state index is 6.15. The smallest absolute Gasteiger partial charge is 0.156 e. The Morgan fingerprint density at radius 2 is 1.68 bits per heavy atom. The molecule has 0 bridgehead atoms. The van der Waals surface area contributed by atoms with E-state index < -0.39 is 0 Å². The van der Waals surface area contributed by atoms with Crippen LogP contribution in [0.3, 0.4) is 0 Å². The molecule has 2 heterocycles. The third-order valence-corrected chi connectivity index (χ3v) is 5.01. The molecule has 0 saturated carbocycles. The number of likely N-dealkylation sites (N-methyl/N-ethyl adjacent to an activating group) is 1. The van der Waals surface area contributed by atoms with E-state index in [1.165, 1.54) is 0 Å². The van der Waals surface area contributed by atoms with Crippen molar-refractivity contribution in [1.82, 2.24) is 14.9 Å². The van der Waals surface area contributed by atoms with Crippen LogP contribution in [0.4, 0.5) is 5.82 Å². The predicted octanol–water partition coefficient (Wildman–Crippen LogP) is 4.09. The molecule has 0 amide bonds. The molecule has 1 fully saturated rings. The van der Waals surface area contributed by atoms with Crippen molar-refractivity contribution in [2.24, 2.45) is 0 Å². The van der Waals surface area contributed by atoms with E-state index in [0.717, 1.165) is 60.8 Å². The van der Waals surface area contributed by atoms with E-state index in [0.29, 0.717) is 5.02 Å². The first-order chi connectivity index (χ1) is 12.2. The van der Waals surface area contributed by atoms with Crippen LogP contribution < -0.4 is 4.90 Å². The van der Waals surface area contributed by atoms with E-state index in [9.17, 15) is 0 Å². The summed E-state index contributed by atoms with van der Waals surface area (Å²) >= 11 is 6.15. The fraction of sp³-hybridized carbons (Fsp3) is 0.300. The van der Waals surface area contributed by atoms with Gasteiger partial charge in [-0.3, -0.25) is 0 Å². The van der Waals surface area contributed by atoms with Crippen LogP contribution in [0.2, 0.25) is 5.02 Å². The Balaban J connectivity index is 1.82. The summed E-state index contributed by atoms with van der Waals surface area (Å²) in [7, 11) is 0. The van der Waals surface area contributed by atoms with E-state index in [1.807, 2.05) is 36.4 Å². The standard InChI is InChI=1S/C20H21ClN4/c1-2-24-10-12-25(13-11-24)20-19(15-6-4-3-5-7-15)22-18-14-16(21)8-9-17(18)23-20/h3-9,14H,2,10-13H2,1H3. The molecule has 0 spiro atoms. The predicted molar refractivity (Wildman–Crippen MR) is 104 cm³/mol. The Kier molecular flexibility index (Phi) is 4.55. The largest absolute Gasteiger partial charge is 0.352 e. The SMILES string of the molecule is CCN1CCN(c2nc3ccc(Cl)cc3nc2-c2ccccc2)CC1. The van der Waals surface area contributed by atoms with Crippen molar-refractivity contribution in [2.45, 2.75) is 6.92 Å². The zero-order valence-corrected chi connectivity index (χ0v) is 15.1. The molecule has 0 aliphatic carbocycles. The van der Waals surface area contributed by atoms with Crippen molar-refractivity contribution in [3.05, 3.63) is 53.6 Å². The lowest BCUT2D eigenvalue weighted by Gasteiger charge is -2.35. The summed E-state index contributed by atoms with van der Waals surface area (Å²) in [5.41, 5.74) is 3.74. The molecule has 5 heteroatoms. The highest BCUT2D eigenvalue weighted by Gasteiger charge is 2.21. The zero-order valence-electron chi connectivity index (χ0n) is 14.3. The third-order valence-electron chi connectivity index (χ3n) is 4.77. The summed E-state index contributed by atoms with van der Waals surface area (Å²) in [4.78, 5) is 14.7. The fourth-order valence-corrected chi connectivity index (χ4v) is 3.47. The zero-order chi connectivity index (χ0) is 17.2. The lowest BCUT2D eigenvalue weighted by Crippen LogP contribution is -2.46. The molecule has 0 unspecified atom stereocenters. The van der Waals surface area contributed by atoms with Crippen molar-refractivity contribution in [1.29, 1.82) is 0 Å². The molecule has 1 aliphatic rings. The molecule has 1 saturated heterocycles. The normalized spacial score (nSPS) is 15.7. The molecule has 4 rings (SSSR count). The summed E-state index contributed by atoms with van der Waals surface area (Å²) in [6, 6.07) is 16.0. The highest BCUT2D eigenvalue weighted by atomic mass is 35.5. The quantitative estimate of drug-likeness (QED) is 0.710. The van der Waals surface area contributed by atoms with E-state index in [1.54, 1.807) is 0 Å². The monoisotopic (exact) mass is 352 g/mol. The van der Waals surface area contributed by atoms with E-state index in [4.69, 9.17) is 21.6 Å². The highest BCUT2D eigenvalue weighted by Crippen LogP contribution is 2.31. The van der Waals surface area contributed by atoms with E-state index in [2.05, 4.69) is 28.9 Å². The Bertz CT molecular complexity index is 874. The minimum absolute atomic E-state index is 0.685. The average Bonchev–Trinajstić information content (AvgIpc) is 2.68. The highest BCUT2D eigenvalue weighted by molar-refractivity contribution is 6.31. The number of hydrogen-bond donors (Lipinski definition) is 0. The van der Waals surface area contributed by atoms with Crippen molar-refractivity contribution >= 4 is 28.5 Å². The van der Waals surface area contributed by atoms with Crippen molar-refractivity contribution in [3.63, 3.8) is 0 Å². The van der Waals surface area contributed by atoms with E-state index in [-0.39, 0.29) is 0 Å². The van der Waals surface area contributed by atoms with Crippen LogP contribution in [0.15, 0.2) is 48.5 Å². The van der Waals surface area contributed by atoms with Crippen LogP contribution >= 0.6 is 11.6 Å². The van der Waals surface area contributed by atoms with Crippen LogP contribution in [-0.2, 0) is 0 Å². The second-order valence-corrected chi connectivity index (χ2v) is 6.75. The van der Waals surface area contributed by atoms with Gasteiger partial charge in [-0.05, 0) is 24.7 Å². The molecule has 1 aromatic heterocycles. The van der Waals surface area contributed by atoms with Gasteiger partial charge in [0.1, 0.15) is 5.69 Å². The van der Waals surface area contributed by atoms with Gasteiger partial charge in [-0.1, -0.05) is 48.9 Å². The molecular weight excluding hydrogens is 332 g/mol. The molecule has 25 heavy (non-hydrogen) atoms. The summed E-state index contributed by atoms with van der Waals surface area (Å²) in [6.45, 7) is 7.38. The van der Waals surface area contributed by atoms with Crippen LogP contribution in [-0.4, -0.2) is 47.6 Å². The van der Waals surface area contributed by atoms with Crippen LogP contribution in [0, 0.1) is 0 Å². The minimum atomic E-state index is 0.685. The molecule has 0 radical (unpaired) electrons. The number of fused-ring (bicyclic) bond motifs is 1. The Hall–Kier alpha value is -2.17. The molecular formula is C20H21ClN4. The van der Waals surface area contributed by atoms with Crippen molar-refractivity contribution in [2.75, 3.05) is 37.6 Å². The first-order valence-electron chi connectivity index (χ1n) is 8.74. The van der Waals surface area contributed by atoms with Gasteiger partial charge in [0.05, 0.1) is 11.0 Å². The second-order valence-electron chi connectivity index (χ2n) is 6.32. The lowest BCUT2D eigenvalue weighted by molar-refractivity contribution is 0.270. The fourth-order valence-electron chi connectivity index (χ4n) is 3.30. The van der Waals surface area contributed by atoms with Gasteiger partial charge in [0.15, 0.2) is 5.82 Å². The Morgan fingerprint density at radius 1 is 0.920 bits per heavy atom. The van der Waals surface area contributed by atoms with Crippen LogP contribution in [0.5, 0.6) is 0 Å². The Morgan fingerprint density at radius 3 is 2.40 bits per heavy atom. The molecule has 4 nitrogen and oxygen atoms in total. The van der Waals surface area contributed by atoms with Gasteiger partial charge in [-0.15, -0.1) is 0 Å². The van der Waals surface area contributed by atoms with Crippen LogP contribution in [0.1, 0.15) is 6.92 Å². The van der Waals surface area contributed by atoms with Gasteiger partial charge < -0.3 is 9.80 Å². The number of benzene rings is 2. The van der Waals surface area contributed by atoms with Crippen molar-refractivity contribution < 1.29 is 0 Å². The number of anilines is 1. The van der Waals surface area contributed by atoms with Crippen LogP contribution in [0.25, 0.3) is 22.3 Å². The number of piperazine rings is 1. The Labute approximate surface area is 153 Å². The maximum atomic E-state index is 6.15. The summed E-state index contributed by atoms with van der Waals surface area (Å²) < 4.78 is 0. The number of rotatable bonds is 3. The van der Waals surface area contributed by atoms with Gasteiger partial charge in [0, 0.05) is 36.8 Å².